The molecule has 2 fully saturated rings. The van der Waals surface area contributed by atoms with Crippen LogP contribution in [0.3, 0.4) is 0 Å². The lowest BCUT2D eigenvalue weighted by Crippen LogP contribution is -2.33. The van der Waals surface area contributed by atoms with E-state index in [0.29, 0.717) is 17.2 Å². The second-order valence-corrected chi connectivity index (χ2v) is 9.15. The fourth-order valence-corrected chi connectivity index (χ4v) is 4.67. The molecule has 2 aliphatic heterocycles. The number of halogens is 1. The number of aliphatic hydroxyl groups excluding tert-OH is 1. The van der Waals surface area contributed by atoms with Gasteiger partial charge in [0.1, 0.15) is 11.9 Å². The smallest absolute Gasteiger partial charge is 0.414 e. The number of rotatable bonds is 8. The highest BCUT2D eigenvalue weighted by atomic mass is 19.1. The van der Waals surface area contributed by atoms with Gasteiger partial charge in [-0.25, -0.2) is 9.18 Å². The van der Waals surface area contributed by atoms with Gasteiger partial charge in [0, 0.05) is 25.6 Å². The van der Waals surface area contributed by atoms with Crippen molar-refractivity contribution in [3.8, 4) is 11.1 Å². The topological polar surface area (TPSA) is 82.1 Å². The molecule has 4 rings (SSSR count). The lowest BCUT2D eigenvalue weighted by molar-refractivity contribution is -0.119. The zero-order chi connectivity index (χ0) is 24.1. The van der Waals surface area contributed by atoms with Gasteiger partial charge in [0.15, 0.2) is 0 Å². The summed E-state index contributed by atoms with van der Waals surface area (Å²) < 4.78 is 20.2. The van der Waals surface area contributed by atoms with E-state index < -0.39 is 18.0 Å². The lowest BCUT2D eigenvalue weighted by Gasteiger charge is -2.31. The normalized spacial score (nSPS) is 19.3. The Kier molecular flexibility index (Phi) is 7.80. The van der Waals surface area contributed by atoms with E-state index in [1.54, 1.807) is 12.1 Å². The predicted octanol–water partition coefficient (Wildman–Crippen LogP) is 3.55. The second kappa shape index (κ2) is 11.0. The van der Waals surface area contributed by atoms with Crippen LogP contribution in [0.15, 0.2) is 42.5 Å². The molecule has 2 saturated heterocycles. The number of likely N-dealkylation sites (tertiary alicyclic amines) is 1. The third kappa shape index (κ3) is 5.93. The summed E-state index contributed by atoms with van der Waals surface area (Å²) in [5.41, 5.74) is 2.87. The minimum Gasteiger partial charge on any atom is -0.442 e. The molecular weight excluding hydrogens is 437 g/mol. The zero-order valence-electron chi connectivity index (χ0n) is 19.5. The molecule has 0 bridgehead atoms. The number of carbonyl (C=O) groups is 2. The summed E-state index contributed by atoms with van der Waals surface area (Å²) in [6, 6.07) is 12.7. The highest BCUT2D eigenvalue weighted by molar-refractivity contribution is 5.90. The molecule has 2 aliphatic rings. The number of hydrogen-bond acceptors (Lipinski definition) is 5. The van der Waals surface area contributed by atoms with E-state index in [0.717, 1.165) is 44.5 Å². The van der Waals surface area contributed by atoms with E-state index in [9.17, 15) is 14.0 Å². The third-order valence-electron chi connectivity index (χ3n) is 6.63. The molecule has 0 aromatic heterocycles. The minimum atomic E-state index is -0.549. The summed E-state index contributed by atoms with van der Waals surface area (Å²) in [5.74, 6) is 0.0212. The van der Waals surface area contributed by atoms with Gasteiger partial charge >= 0.3 is 6.09 Å². The summed E-state index contributed by atoms with van der Waals surface area (Å²) in [7, 11) is 0. The first kappa shape index (κ1) is 24.2. The molecule has 2 aromatic carbocycles. The van der Waals surface area contributed by atoms with E-state index in [4.69, 9.17) is 9.84 Å². The molecule has 34 heavy (non-hydrogen) atoms. The van der Waals surface area contributed by atoms with Crippen molar-refractivity contribution in [2.24, 2.45) is 5.92 Å². The average molecular weight is 470 g/mol. The first-order valence-corrected chi connectivity index (χ1v) is 11.9. The van der Waals surface area contributed by atoms with Gasteiger partial charge < -0.3 is 15.2 Å². The molecule has 2 aromatic rings. The number of carbonyl (C=O) groups excluding carboxylic acids is 2. The van der Waals surface area contributed by atoms with Crippen molar-refractivity contribution in [1.29, 1.82) is 0 Å². The predicted molar refractivity (Wildman–Crippen MR) is 128 cm³/mol. The van der Waals surface area contributed by atoms with Gasteiger partial charge in [-0.1, -0.05) is 24.3 Å². The quantitative estimate of drug-likeness (QED) is 0.618. The summed E-state index contributed by atoms with van der Waals surface area (Å²) in [6.07, 6.45) is 2.12. The van der Waals surface area contributed by atoms with Crippen LogP contribution in [0.2, 0.25) is 0 Å². The van der Waals surface area contributed by atoms with E-state index in [2.05, 4.69) is 10.2 Å². The number of piperidine rings is 1. The van der Waals surface area contributed by atoms with Crippen molar-refractivity contribution < 1.29 is 23.8 Å². The Morgan fingerprint density at radius 1 is 1.18 bits per heavy atom. The molecule has 0 saturated carbocycles. The third-order valence-corrected chi connectivity index (χ3v) is 6.63. The number of benzene rings is 2. The number of hydrogen-bond donors (Lipinski definition) is 2. The largest absolute Gasteiger partial charge is 0.442 e. The summed E-state index contributed by atoms with van der Waals surface area (Å²) in [6.45, 7) is 5.09. The molecule has 8 heteroatoms. The van der Waals surface area contributed by atoms with Crippen LogP contribution in [0.25, 0.3) is 11.1 Å². The van der Waals surface area contributed by atoms with Crippen molar-refractivity contribution in [3.05, 3.63) is 53.8 Å². The maximum absolute atomic E-state index is 15.0. The Bertz CT molecular complexity index is 1010. The van der Waals surface area contributed by atoms with Gasteiger partial charge in [-0.15, -0.1) is 0 Å². The fourth-order valence-electron chi connectivity index (χ4n) is 4.67. The first-order valence-electron chi connectivity index (χ1n) is 11.9. The van der Waals surface area contributed by atoms with E-state index in [1.165, 1.54) is 23.5 Å². The molecule has 0 spiro atoms. The Balaban J connectivity index is 1.37. The van der Waals surface area contributed by atoms with Crippen molar-refractivity contribution in [1.82, 2.24) is 10.2 Å². The Morgan fingerprint density at radius 3 is 2.56 bits per heavy atom. The molecule has 7 nitrogen and oxygen atoms in total. The molecule has 2 N–H and O–H groups in total. The van der Waals surface area contributed by atoms with Gasteiger partial charge in [-0.05, 0) is 67.6 Å². The van der Waals surface area contributed by atoms with Crippen LogP contribution >= 0.6 is 0 Å². The van der Waals surface area contributed by atoms with Gasteiger partial charge in [-0.2, -0.15) is 0 Å². The van der Waals surface area contributed by atoms with Gasteiger partial charge in [0.25, 0.3) is 0 Å². The van der Waals surface area contributed by atoms with E-state index in [-0.39, 0.29) is 25.6 Å². The molecule has 2 amide bonds. The van der Waals surface area contributed by atoms with Crippen LogP contribution in [0.1, 0.15) is 31.7 Å². The first-order chi connectivity index (χ1) is 16.4. The van der Waals surface area contributed by atoms with Crippen molar-refractivity contribution in [2.75, 3.05) is 37.7 Å². The molecule has 0 radical (unpaired) electrons. The number of aliphatic hydroxyl groups is 1. The number of amides is 2. The second-order valence-electron chi connectivity index (χ2n) is 9.15. The van der Waals surface area contributed by atoms with Gasteiger partial charge in [0.05, 0.1) is 18.8 Å². The molecule has 1 atom stereocenters. The molecule has 2 heterocycles. The average Bonchev–Trinajstić information content (AvgIpc) is 3.20. The Hall–Kier alpha value is -2.97. The maximum atomic E-state index is 15.0. The standard InChI is InChI=1S/C26H32FN3O4/c1-18(32)28-15-23-17-30(26(33)34-23)22-6-7-24(25(27)14-22)21-4-2-20(3-5-21)16-29-11-8-19(9-12-29)10-13-31/h2-7,14,19,23,31H,8-13,15-17H2,1H3,(H,28,32). The van der Waals surface area contributed by atoms with Crippen LogP contribution in [-0.2, 0) is 16.1 Å². The molecular formula is C26H32FN3O4. The zero-order valence-corrected chi connectivity index (χ0v) is 19.5. The minimum absolute atomic E-state index is 0.196. The van der Waals surface area contributed by atoms with E-state index in [1.807, 2.05) is 24.3 Å². The van der Waals surface area contributed by atoms with Gasteiger partial charge in [0.2, 0.25) is 5.91 Å². The maximum Gasteiger partial charge on any atom is 0.414 e. The van der Waals surface area contributed by atoms with Crippen molar-refractivity contribution in [3.63, 3.8) is 0 Å². The van der Waals surface area contributed by atoms with Gasteiger partial charge in [-0.3, -0.25) is 14.6 Å². The molecule has 0 aliphatic carbocycles. The Labute approximate surface area is 199 Å². The summed E-state index contributed by atoms with van der Waals surface area (Å²) in [5, 5.41) is 11.7. The summed E-state index contributed by atoms with van der Waals surface area (Å²) >= 11 is 0. The SMILES string of the molecule is CC(=O)NCC1CN(c2ccc(-c3ccc(CN4CCC(CCO)CC4)cc3)c(F)c2)C(=O)O1. The number of ether oxygens (including phenoxy) is 1. The monoisotopic (exact) mass is 469 g/mol. The Morgan fingerprint density at radius 2 is 1.91 bits per heavy atom. The van der Waals surface area contributed by atoms with Crippen LogP contribution in [0.5, 0.6) is 0 Å². The summed E-state index contributed by atoms with van der Waals surface area (Å²) in [4.78, 5) is 27.1. The molecule has 1 unspecified atom stereocenters. The van der Waals surface area contributed by atoms with Crippen LogP contribution < -0.4 is 10.2 Å². The van der Waals surface area contributed by atoms with Crippen LogP contribution in [-0.4, -0.2) is 60.9 Å². The number of nitrogens with one attached hydrogen (secondary N) is 1. The van der Waals surface area contributed by atoms with E-state index >= 15 is 0 Å². The van der Waals surface area contributed by atoms with Crippen LogP contribution in [0.4, 0.5) is 14.9 Å². The fraction of sp³-hybridized carbons (Fsp3) is 0.462. The highest BCUT2D eigenvalue weighted by Crippen LogP contribution is 2.30. The van der Waals surface area contributed by atoms with Crippen molar-refractivity contribution >= 4 is 17.7 Å². The van der Waals surface area contributed by atoms with Crippen LogP contribution in [0, 0.1) is 11.7 Å². The number of nitrogens with zero attached hydrogens (tertiary/aromatic N) is 2. The lowest BCUT2D eigenvalue weighted by atomic mass is 9.93. The molecule has 182 valence electrons. The number of cyclic esters (lactones) is 1. The number of anilines is 1. The highest BCUT2D eigenvalue weighted by Gasteiger charge is 2.32. The van der Waals surface area contributed by atoms with Crippen molar-refractivity contribution in [2.45, 2.75) is 38.8 Å².